The van der Waals surface area contributed by atoms with E-state index < -0.39 is 17.9 Å². The Hall–Kier alpha value is -1.52. The Morgan fingerprint density at radius 3 is 2.45 bits per heavy atom. The van der Waals surface area contributed by atoms with Gasteiger partial charge >= 0.3 is 5.97 Å². The van der Waals surface area contributed by atoms with Gasteiger partial charge in [0.05, 0.1) is 0 Å². The van der Waals surface area contributed by atoms with Gasteiger partial charge in [-0.1, -0.05) is 42.6 Å². The van der Waals surface area contributed by atoms with Crippen LogP contribution in [0.25, 0.3) is 6.08 Å². The second kappa shape index (κ2) is 7.92. The van der Waals surface area contributed by atoms with Crippen LogP contribution in [0.2, 0.25) is 10.0 Å². The molecule has 0 fully saturated rings. The minimum Gasteiger partial charge on any atom is -0.480 e. The highest BCUT2D eigenvalue weighted by molar-refractivity contribution is 6.37. The summed E-state index contributed by atoms with van der Waals surface area (Å²) in [7, 11) is 0. The van der Waals surface area contributed by atoms with E-state index in [9.17, 15) is 9.59 Å². The molecule has 2 N–H and O–H groups in total. The average Bonchev–Trinajstić information content (AvgIpc) is 2.37. The molecular weight excluding hydrogens is 301 g/mol. The monoisotopic (exact) mass is 315 g/mol. The number of carbonyl (C=O) groups is 2. The minimum absolute atomic E-state index is 0.377. The van der Waals surface area contributed by atoms with Crippen LogP contribution < -0.4 is 5.32 Å². The van der Waals surface area contributed by atoms with E-state index >= 15 is 0 Å². The first-order valence-electron chi connectivity index (χ1n) is 6.11. The van der Waals surface area contributed by atoms with Crippen molar-refractivity contribution in [3.05, 3.63) is 39.9 Å². The van der Waals surface area contributed by atoms with Crippen molar-refractivity contribution < 1.29 is 14.7 Å². The number of amides is 1. The zero-order valence-corrected chi connectivity index (χ0v) is 12.4. The van der Waals surface area contributed by atoms with E-state index in [1.807, 2.05) is 6.92 Å². The maximum absolute atomic E-state index is 11.7. The molecule has 0 aromatic heterocycles. The number of carbonyl (C=O) groups excluding carboxylic acids is 1. The molecule has 0 saturated carbocycles. The van der Waals surface area contributed by atoms with Crippen LogP contribution in [0, 0.1) is 0 Å². The van der Waals surface area contributed by atoms with Crippen molar-refractivity contribution in [3.8, 4) is 0 Å². The Balaban J connectivity index is 2.75. The van der Waals surface area contributed by atoms with E-state index in [1.54, 1.807) is 18.2 Å². The quantitative estimate of drug-likeness (QED) is 0.791. The lowest BCUT2D eigenvalue weighted by molar-refractivity contribution is -0.141. The molecule has 6 heteroatoms. The van der Waals surface area contributed by atoms with Gasteiger partial charge in [0.1, 0.15) is 6.04 Å². The third-order valence-corrected chi connectivity index (χ3v) is 3.25. The summed E-state index contributed by atoms with van der Waals surface area (Å²) < 4.78 is 0. The van der Waals surface area contributed by atoms with Crippen molar-refractivity contribution in [3.63, 3.8) is 0 Å². The molecule has 0 aliphatic carbocycles. The maximum atomic E-state index is 11.7. The molecule has 20 heavy (non-hydrogen) atoms. The fourth-order valence-electron chi connectivity index (χ4n) is 1.59. The van der Waals surface area contributed by atoms with Crippen molar-refractivity contribution in [1.82, 2.24) is 5.32 Å². The zero-order valence-electron chi connectivity index (χ0n) is 10.9. The molecule has 0 aliphatic rings. The van der Waals surface area contributed by atoms with Crippen LogP contribution in [0.3, 0.4) is 0 Å². The molecule has 0 aliphatic heterocycles. The van der Waals surface area contributed by atoms with Crippen LogP contribution in [0.5, 0.6) is 0 Å². The summed E-state index contributed by atoms with van der Waals surface area (Å²) in [5.74, 6) is -1.55. The largest absolute Gasteiger partial charge is 0.480 e. The SMILES string of the molecule is CCC[C@@H](NC(=O)/C=C/c1c(Cl)cccc1Cl)C(=O)O. The molecule has 0 spiro atoms. The normalized spacial score (nSPS) is 12.3. The van der Waals surface area contributed by atoms with Crippen molar-refractivity contribution in [2.45, 2.75) is 25.8 Å². The van der Waals surface area contributed by atoms with Gasteiger partial charge in [0.15, 0.2) is 0 Å². The molecule has 1 aromatic carbocycles. The third kappa shape index (κ3) is 4.87. The lowest BCUT2D eigenvalue weighted by Crippen LogP contribution is -2.39. The summed E-state index contributed by atoms with van der Waals surface area (Å²) in [4.78, 5) is 22.6. The van der Waals surface area contributed by atoms with Crippen molar-refractivity contribution in [1.29, 1.82) is 0 Å². The lowest BCUT2D eigenvalue weighted by atomic mass is 10.1. The van der Waals surface area contributed by atoms with Crippen LogP contribution in [-0.4, -0.2) is 23.0 Å². The van der Waals surface area contributed by atoms with Crippen molar-refractivity contribution >= 4 is 41.2 Å². The Labute approximate surface area is 127 Å². The number of halogens is 2. The molecule has 1 atom stereocenters. The van der Waals surface area contributed by atoms with Crippen LogP contribution in [0.4, 0.5) is 0 Å². The second-order valence-corrected chi connectivity index (χ2v) is 4.97. The van der Waals surface area contributed by atoms with Gasteiger partial charge in [-0.3, -0.25) is 4.79 Å². The van der Waals surface area contributed by atoms with Crippen molar-refractivity contribution in [2.24, 2.45) is 0 Å². The predicted molar refractivity (Wildman–Crippen MR) is 80.0 cm³/mol. The van der Waals surface area contributed by atoms with Crippen molar-refractivity contribution in [2.75, 3.05) is 0 Å². The summed E-state index contributed by atoms with van der Waals surface area (Å²) in [5, 5.41) is 12.2. The fraction of sp³-hybridized carbons (Fsp3) is 0.286. The van der Waals surface area contributed by atoms with Gasteiger partial charge in [0.2, 0.25) is 5.91 Å². The van der Waals surface area contributed by atoms with E-state index in [1.165, 1.54) is 12.2 Å². The van der Waals surface area contributed by atoms with Crippen LogP contribution in [0.15, 0.2) is 24.3 Å². The summed E-state index contributed by atoms with van der Waals surface area (Å²) in [6.45, 7) is 1.85. The summed E-state index contributed by atoms with van der Waals surface area (Å²) >= 11 is 11.9. The van der Waals surface area contributed by atoms with Crippen LogP contribution in [-0.2, 0) is 9.59 Å². The topological polar surface area (TPSA) is 66.4 Å². The fourth-order valence-corrected chi connectivity index (χ4v) is 2.12. The van der Waals surface area contributed by atoms with Gasteiger partial charge in [-0.05, 0) is 24.6 Å². The molecule has 0 unspecified atom stereocenters. The zero-order chi connectivity index (χ0) is 15.1. The minimum atomic E-state index is -1.05. The third-order valence-electron chi connectivity index (χ3n) is 2.59. The number of nitrogens with one attached hydrogen (secondary N) is 1. The van der Waals surface area contributed by atoms with E-state index in [0.717, 1.165) is 0 Å². The molecule has 1 aromatic rings. The van der Waals surface area contributed by atoms with Gasteiger partial charge in [-0.2, -0.15) is 0 Å². The summed E-state index contributed by atoms with van der Waals surface area (Å²) in [6, 6.07) is 4.12. The Bertz CT molecular complexity index is 509. The van der Waals surface area contributed by atoms with Crippen LogP contribution >= 0.6 is 23.2 Å². The lowest BCUT2D eigenvalue weighted by Gasteiger charge is -2.11. The molecule has 0 saturated heterocycles. The van der Waals surface area contributed by atoms with E-state index in [0.29, 0.717) is 28.5 Å². The van der Waals surface area contributed by atoms with Gasteiger partial charge < -0.3 is 10.4 Å². The standard InChI is InChI=1S/C14H15Cl2NO3/c1-2-4-12(14(19)20)17-13(18)8-7-9-10(15)5-3-6-11(9)16/h3,5-8,12H,2,4H2,1H3,(H,17,18)(H,19,20)/b8-7+/t12-/m1/s1. The molecule has 0 radical (unpaired) electrons. The molecule has 0 bridgehead atoms. The number of carboxylic acids is 1. The molecule has 1 amide bonds. The van der Waals surface area contributed by atoms with Gasteiger partial charge in [0, 0.05) is 21.7 Å². The number of hydrogen-bond donors (Lipinski definition) is 2. The van der Waals surface area contributed by atoms with Gasteiger partial charge in [0.25, 0.3) is 0 Å². The Kier molecular flexibility index (Phi) is 6.55. The van der Waals surface area contributed by atoms with E-state index in [-0.39, 0.29) is 0 Å². The van der Waals surface area contributed by atoms with E-state index in [4.69, 9.17) is 28.3 Å². The first kappa shape index (κ1) is 16.5. The Morgan fingerprint density at radius 1 is 1.35 bits per heavy atom. The van der Waals surface area contributed by atoms with Gasteiger partial charge in [-0.25, -0.2) is 4.79 Å². The number of hydrogen-bond acceptors (Lipinski definition) is 2. The molecule has 4 nitrogen and oxygen atoms in total. The number of aliphatic carboxylic acids is 1. The van der Waals surface area contributed by atoms with E-state index in [2.05, 4.69) is 5.32 Å². The smallest absolute Gasteiger partial charge is 0.326 e. The number of benzene rings is 1. The summed E-state index contributed by atoms with van der Waals surface area (Å²) in [5.41, 5.74) is 0.522. The van der Waals surface area contributed by atoms with Gasteiger partial charge in [-0.15, -0.1) is 0 Å². The molecular formula is C14H15Cl2NO3. The average molecular weight is 316 g/mol. The first-order valence-corrected chi connectivity index (χ1v) is 6.86. The highest BCUT2D eigenvalue weighted by atomic mass is 35.5. The summed E-state index contributed by atoms with van der Waals surface area (Å²) in [6.07, 6.45) is 3.72. The number of rotatable bonds is 6. The molecule has 0 heterocycles. The second-order valence-electron chi connectivity index (χ2n) is 4.16. The highest BCUT2D eigenvalue weighted by Crippen LogP contribution is 2.25. The molecule has 1 rings (SSSR count). The molecule has 108 valence electrons. The predicted octanol–water partition coefficient (Wildman–Crippen LogP) is 3.38. The maximum Gasteiger partial charge on any atom is 0.326 e. The van der Waals surface area contributed by atoms with Crippen LogP contribution in [0.1, 0.15) is 25.3 Å². The highest BCUT2D eigenvalue weighted by Gasteiger charge is 2.17. The number of carboxylic acid groups (broad SMARTS) is 1. The first-order chi connectivity index (χ1) is 9.45. The Morgan fingerprint density at radius 2 is 1.95 bits per heavy atom.